The second-order valence-electron chi connectivity index (χ2n) is 4.15. The highest BCUT2D eigenvalue weighted by Crippen LogP contribution is 2.07. The maximum Gasteiger partial charge on any atom is 0.242 e. The van der Waals surface area contributed by atoms with E-state index in [0.29, 0.717) is 18.5 Å². The summed E-state index contributed by atoms with van der Waals surface area (Å²) in [7, 11) is 1.54. The molecule has 0 aliphatic rings. The van der Waals surface area contributed by atoms with E-state index >= 15 is 0 Å². The lowest BCUT2D eigenvalue weighted by molar-refractivity contribution is -0.128. The third-order valence-electron chi connectivity index (χ3n) is 2.64. The largest absolute Gasteiger partial charge is 0.399 e. The number of likely N-dealkylation sites (N-methyl/N-ethyl adjacent to an activating group) is 1. The molecule has 0 saturated carbocycles. The van der Waals surface area contributed by atoms with E-state index in [1.165, 1.54) is 0 Å². The molecule has 1 aromatic rings. The van der Waals surface area contributed by atoms with Crippen LogP contribution in [0.1, 0.15) is 18.9 Å². The van der Waals surface area contributed by atoms with Crippen molar-refractivity contribution in [3.05, 3.63) is 29.8 Å². The van der Waals surface area contributed by atoms with Crippen LogP contribution < -0.4 is 16.4 Å². The van der Waals surface area contributed by atoms with Gasteiger partial charge in [-0.3, -0.25) is 9.59 Å². The van der Waals surface area contributed by atoms with Crippen LogP contribution in [-0.4, -0.2) is 24.9 Å². The molecule has 1 aromatic carbocycles. The first kappa shape index (κ1) is 14.0. The molecule has 0 spiro atoms. The zero-order valence-electron chi connectivity index (χ0n) is 10.7. The second-order valence-corrected chi connectivity index (χ2v) is 4.15. The summed E-state index contributed by atoms with van der Waals surface area (Å²) in [6.07, 6.45) is 0.984. The van der Waals surface area contributed by atoms with E-state index in [9.17, 15) is 9.59 Å². The number of nitrogens with two attached hydrogens (primary N) is 1. The first-order valence-corrected chi connectivity index (χ1v) is 5.88. The first-order valence-electron chi connectivity index (χ1n) is 5.88. The van der Waals surface area contributed by atoms with Gasteiger partial charge in [0.15, 0.2) is 0 Å². The lowest BCUT2D eigenvalue weighted by atomic mass is 10.1. The molecule has 0 aromatic heterocycles. The van der Waals surface area contributed by atoms with Crippen molar-refractivity contribution in [1.82, 2.24) is 10.6 Å². The Labute approximate surface area is 107 Å². The van der Waals surface area contributed by atoms with Crippen LogP contribution in [0.25, 0.3) is 0 Å². The SMILES string of the molecule is CNC(=O)C(C)NC(=O)CCc1ccc(N)cc1. The van der Waals surface area contributed by atoms with Crippen molar-refractivity contribution in [2.75, 3.05) is 12.8 Å². The van der Waals surface area contributed by atoms with Crippen LogP contribution in [0.2, 0.25) is 0 Å². The van der Waals surface area contributed by atoms with Crippen LogP contribution in [0.4, 0.5) is 5.69 Å². The molecular formula is C13H19N3O2. The minimum atomic E-state index is -0.506. The van der Waals surface area contributed by atoms with Gasteiger partial charge in [0.25, 0.3) is 0 Å². The molecule has 98 valence electrons. The molecule has 0 saturated heterocycles. The van der Waals surface area contributed by atoms with E-state index in [1.54, 1.807) is 26.1 Å². The Morgan fingerprint density at radius 2 is 1.89 bits per heavy atom. The number of nitrogen functional groups attached to an aromatic ring is 1. The fourth-order valence-corrected chi connectivity index (χ4v) is 1.54. The average molecular weight is 249 g/mol. The number of amides is 2. The number of carbonyl (C=O) groups is 2. The third kappa shape index (κ3) is 4.45. The van der Waals surface area contributed by atoms with Crippen LogP contribution in [0, 0.1) is 0 Å². The van der Waals surface area contributed by atoms with Gasteiger partial charge < -0.3 is 16.4 Å². The van der Waals surface area contributed by atoms with E-state index in [1.807, 2.05) is 12.1 Å². The molecular weight excluding hydrogens is 230 g/mol. The van der Waals surface area contributed by atoms with Crippen molar-refractivity contribution in [2.45, 2.75) is 25.8 Å². The molecule has 5 nitrogen and oxygen atoms in total. The molecule has 1 rings (SSSR count). The Bertz CT molecular complexity index is 415. The minimum absolute atomic E-state index is 0.136. The molecule has 0 aliphatic heterocycles. The van der Waals surface area contributed by atoms with E-state index in [0.717, 1.165) is 5.56 Å². The van der Waals surface area contributed by atoms with Crippen molar-refractivity contribution in [3.63, 3.8) is 0 Å². The highest BCUT2D eigenvalue weighted by atomic mass is 16.2. The number of nitrogens with one attached hydrogen (secondary N) is 2. The van der Waals surface area contributed by atoms with Gasteiger partial charge in [0.05, 0.1) is 0 Å². The summed E-state index contributed by atoms with van der Waals surface area (Å²) in [5, 5.41) is 5.12. The molecule has 1 unspecified atom stereocenters. The molecule has 0 heterocycles. The molecule has 0 aliphatic carbocycles. The predicted molar refractivity (Wildman–Crippen MR) is 70.8 cm³/mol. The van der Waals surface area contributed by atoms with Crippen molar-refractivity contribution in [3.8, 4) is 0 Å². The predicted octanol–water partition coefficient (Wildman–Crippen LogP) is 0.452. The van der Waals surface area contributed by atoms with Crippen molar-refractivity contribution in [2.24, 2.45) is 0 Å². The van der Waals surface area contributed by atoms with Gasteiger partial charge in [0.2, 0.25) is 11.8 Å². The fraction of sp³-hybridized carbons (Fsp3) is 0.385. The monoisotopic (exact) mass is 249 g/mol. The number of rotatable bonds is 5. The molecule has 0 fully saturated rings. The number of hydrogen-bond donors (Lipinski definition) is 3. The summed E-state index contributed by atoms with van der Waals surface area (Å²) >= 11 is 0. The van der Waals surface area contributed by atoms with Gasteiger partial charge in [0, 0.05) is 19.2 Å². The molecule has 5 heteroatoms. The van der Waals surface area contributed by atoms with Crippen LogP contribution in [0.15, 0.2) is 24.3 Å². The smallest absolute Gasteiger partial charge is 0.242 e. The molecule has 0 radical (unpaired) electrons. The number of benzene rings is 1. The van der Waals surface area contributed by atoms with Crippen molar-refractivity contribution >= 4 is 17.5 Å². The van der Waals surface area contributed by atoms with Crippen LogP contribution in [0.3, 0.4) is 0 Å². The van der Waals surface area contributed by atoms with Gasteiger partial charge in [-0.05, 0) is 31.0 Å². The maximum atomic E-state index is 11.6. The third-order valence-corrected chi connectivity index (χ3v) is 2.64. The van der Waals surface area contributed by atoms with Gasteiger partial charge in [0.1, 0.15) is 6.04 Å². The topological polar surface area (TPSA) is 84.2 Å². The first-order chi connectivity index (χ1) is 8.52. The summed E-state index contributed by atoms with van der Waals surface area (Å²) < 4.78 is 0. The normalized spacial score (nSPS) is 11.7. The van der Waals surface area contributed by atoms with Gasteiger partial charge in [-0.1, -0.05) is 12.1 Å². The van der Waals surface area contributed by atoms with E-state index < -0.39 is 6.04 Å². The number of hydrogen-bond acceptors (Lipinski definition) is 3. The van der Waals surface area contributed by atoms with E-state index in [-0.39, 0.29) is 11.8 Å². The average Bonchev–Trinajstić information content (AvgIpc) is 2.37. The van der Waals surface area contributed by atoms with E-state index in [4.69, 9.17) is 5.73 Å². The molecule has 2 amide bonds. The van der Waals surface area contributed by atoms with Crippen molar-refractivity contribution < 1.29 is 9.59 Å². The number of aryl methyl sites for hydroxylation is 1. The summed E-state index contributed by atoms with van der Waals surface area (Å²) in [6, 6.07) is 6.89. The molecule has 18 heavy (non-hydrogen) atoms. The summed E-state index contributed by atoms with van der Waals surface area (Å²) in [5.41, 5.74) is 7.33. The fourth-order valence-electron chi connectivity index (χ4n) is 1.54. The Kier molecular flexibility index (Phi) is 5.17. The Morgan fingerprint density at radius 3 is 2.44 bits per heavy atom. The Hall–Kier alpha value is -2.04. The van der Waals surface area contributed by atoms with Gasteiger partial charge in [-0.15, -0.1) is 0 Å². The molecule has 0 bridgehead atoms. The Balaban J connectivity index is 2.37. The Morgan fingerprint density at radius 1 is 1.28 bits per heavy atom. The van der Waals surface area contributed by atoms with Crippen molar-refractivity contribution in [1.29, 1.82) is 0 Å². The van der Waals surface area contributed by atoms with Crippen LogP contribution in [-0.2, 0) is 16.0 Å². The second kappa shape index (κ2) is 6.64. The maximum absolute atomic E-state index is 11.6. The van der Waals surface area contributed by atoms with Gasteiger partial charge >= 0.3 is 0 Å². The van der Waals surface area contributed by atoms with E-state index in [2.05, 4.69) is 10.6 Å². The lowest BCUT2D eigenvalue weighted by Crippen LogP contribution is -2.43. The summed E-state index contributed by atoms with van der Waals surface area (Å²) in [6.45, 7) is 1.65. The molecule has 4 N–H and O–H groups in total. The summed E-state index contributed by atoms with van der Waals surface area (Å²) in [4.78, 5) is 22.8. The standard InChI is InChI=1S/C13H19N3O2/c1-9(13(18)15-2)16-12(17)8-5-10-3-6-11(14)7-4-10/h3-4,6-7,9H,5,8,14H2,1-2H3,(H,15,18)(H,16,17). The molecule has 1 atom stereocenters. The lowest BCUT2D eigenvalue weighted by Gasteiger charge is -2.12. The highest BCUT2D eigenvalue weighted by molar-refractivity contribution is 5.87. The van der Waals surface area contributed by atoms with Crippen LogP contribution in [0.5, 0.6) is 0 Å². The summed E-state index contributed by atoms with van der Waals surface area (Å²) in [5.74, 6) is -0.334. The van der Waals surface area contributed by atoms with Gasteiger partial charge in [-0.25, -0.2) is 0 Å². The quantitative estimate of drug-likeness (QED) is 0.662. The minimum Gasteiger partial charge on any atom is -0.399 e. The zero-order chi connectivity index (χ0) is 13.5. The number of anilines is 1. The highest BCUT2D eigenvalue weighted by Gasteiger charge is 2.13. The van der Waals surface area contributed by atoms with Gasteiger partial charge in [-0.2, -0.15) is 0 Å². The van der Waals surface area contributed by atoms with Crippen LogP contribution >= 0.6 is 0 Å². The number of carbonyl (C=O) groups excluding carboxylic acids is 2. The zero-order valence-corrected chi connectivity index (χ0v) is 10.7.